The van der Waals surface area contributed by atoms with E-state index in [1.165, 1.54) is 0 Å². The van der Waals surface area contributed by atoms with Gasteiger partial charge in [-0.1, -0.05) is 37.6 Å². The van der Waals surface area contributed by atoms with E-state index in [0.717, 1.165) is 24.1 Å². The fraction of sp³-hybridized carbons (Fsp3) is 0.412. The van der Waals surface area contributed by atoms with Crippen molar-refractivity contribution in [3.05, 3.63) is 52.8 Å². The number of Topliss-reactive ketones (excluding diaryl/α,β-unsaturated/α-hetero) is 1. The third-order valence-electron chi connectivity index (χ3n) is 3.67. The van der Waals surface area contributed by atoms with Crippen molar-refractivity contribution >= 4 is 17.4 Å². The van der Waals surface area contributed by atoms with Gasteiger partial charge in [-0.3, -0.25) is 9.48 Å². The molecule has 0 amide bonds. The van der Waals surface area contributed by atoms with Crippen molar-refractivity contribution in [2.45, 2.75) is 45.6 Å². The Balaban J connectivity index is 1.95. The van der Waals surface area contributed by atoms with Gasteiger partial charge >= 0.3 is 0 Å². The smallest absolute Gasteiger partial charge is 0.143 e. The molecule has 0 radical (unpaired) electrons. The van der Waals surface area contributed by atoms with Crippen LogP contribution in [0.5, 0.6) is 0 Å². The zero-order valence-electron chi connectivity index (χ0n) is 12.6. The fourth-order valence-electron chi connectivity index (χ4n) is 2.43. The standard InChI is InChI=1S/C17H21ClN2O/c1-3-16(4-2)20-10-9-15(19-20)12-17(21)11-13-5-7-14(18)8-6-13/h5-10,16H,3-4,11-12H2,1-2H3. The Hall–Kier alpha value is -1.61. The Labute approximate surface area is 130 Å². The van der Waals surface area contributed by atoms with E-state index in [2.05, 4.69) is 18.9 Å². The van der Waals surface area contributed by atoms with E-state index >= 15 is 0 Å². The van der Waals surface area contributed by atoms with Gasteiger partial charge in [-0.2, -0.15) is 5.10 Å². The predicted octanol–water partition coefficient (Wildman–Crippen LogP) is 4.25. The number of hydrogen-bond acceptors (Lipinski definition) is 2. The maximum Gasteiger partial charge on any atom is 0.143 e. The molecule has 0 unspecified atom stereocenters. The van der Waals surface area contributed by atoms with E-state index in [-0.39, 0.29) is 5.78 Å². The molecule has 2 rings (SSSR count). The van der Waals surface area contributed by atoms with Gasteiger partial charge in [0.05, 0.1) is 18.2 Å². The molecular formula is C17H21ClN2O. The Morgan fingerprint density at radius 3 is 2.43 bits per heavy atom. The molecule has 0 N–H and O–H groups in total. The predicted molar refractivity (Wildman–Crippen MR) is 85.7 cm³/mol. The maximum atomic E-state index is 12.1. The summed E-state index contributed by atoms with van der Waals surface area (Å²) < 4.78 is 1.98. The molecule has 0 atom stereocenters. The second-order valence-electron chi connectivity index (χ2n) is 5.28. The van der Waals surface area contributed by atoms with Gasteiger partial charge in [-0.25, -0.2) is 0 Å². The number of carbonyl (C=O) groups is 1. The van der Waals surface area contributed by atoms with Gasteiger partial charge < -0.3 is 0 Å². The first kappa shape index (κ1) is 15.8. The van der Waals surface area contributed by atoms with Crippen molar-refractivity contribution in [2.24, 2.45) is 0 Å². The highest BCUT2D eigenvalue weighted by Gasteiger charge is 2.11. The molecule has 1 heterocycles. The average molecular weight is 305 g/mol. The van der Waals surface area contributed by atoms with E-state index in [1.807, 2.05) is 41.2 Å². The summed E-state index contributed by atoms with van der Waals surface area (Å²) in [5.41, 5.74) is 1.84. The molecule has 1 aromatic heterocycles. The quantitative estimate of drug-likeness (QED) is 0.766. The van der Waals surface area contributed by atoms with Crippen molar-refractivity contribution in [2.75, 3.05) is 0 Å². The molecular weight excluding hydrogens is 284 g/mol. The third kappa shape index (κ3) is 4.43. The van der Waals surface area contributed by atoms with Crippen molar-refractivity contribution in [1.82, 2.24) is 9.78 Å². The lowest BCUT2D eigenvalue weighted by atomic mass is 10.1. The molecule has 0 saturated carbocycles. The fourth-order valence-corrected chi connectivity index (χ4v) is 2.56. The lowest BCUT2D eigenvalue weighted by Crippen LogP contribution is -2.10. The summed E-state index contributed by atoms with van der Waals surface area (Å²) in [5.74, 6) is 0.173. The van der Waals surface area contributed by atoms with E-state index < -0.39 is 0 Å². The average Bonchev–Trinajstić information content (AvgIpc) is 2.91. The maximum absolute atomic E-state index is 12.1. The van der Waals surface area contributed by atoms with E-state index in [4.69, 9.17) is 11.6 Å². The normalized spacial score (nSPS) is 11.0. The minimum atomic E-state index is 0.173. The minimum absolute atomic E-state index is 0.173. The second kappa shape index (κ2) is 7.41. The molecule has 0 saturated heterocycles. The Morgan fingerprint density at radius 2 is 1.81 bits per heavy atom. The van der Waals surface area contributed by atoms with Gasteiger partial charge in [-0.05, 0) is 36.6 Å². The topological polar surface area (TPSA) is 34.9 Å². The Kier molecular flexibility index (Phi) is 5.57. The van der Waals surface area contributed by atoms with Gasteiger partial charge in [0, 0.05) is 17.6 Å². The first-order valence-corrected chi connectivity index (χ1v) is 7.80. The highest BCUT2D eigenvalue weighted by molar-refractivity contribution is 6.30. The number of hydrogen-bond donors (Lipinski definition) is 0. The lowest BCUT2D eigenvalue weighted by Gasteiger charge is -2.12. The molecule has 0 aliphatic carbocycles. The van der Waals surface area contributed by atoms with Crippen LogP contribution in [0.1, 0.15) is 44.0 Å². The highest BCUT2D eigenvalue weighted by Crippen LogP contribution is 2.15. The first-order chi connectivity index (χ1) is 10.1. The van der Waals surface area contributed by atoms with Crippen LogP contribution >= 0.6 is 11.6 Å². The zero-order chi connectivity index (χ0) is 15.2. The number of carbonyl (C=O) groups excluding carboxylic acids is 1. The molecule has 2 aromatic rings. The van der Waals surface area contributed by atoms with E-state index in [9.17, 15) is 4.79 Å². The van der Waals surface area contributed by atoms with Crippen LogP contribution in [0.15, 0.2) is 36.5 Å². The van der Waals surface area contributed by atoms with E-state index in [0.29, 0.717) is 23.9 Å². The van der Waals surface area contributed by atoms with Gasteiger partial charge in [0.25, 0.3) is 0 Å². The van der Waals surface area contributed by atoms with Crippen LogP contribution < -0.4 is 0 Å². The summed E-state index contributed by atoms with van der Waals surface area (Å²) in [6, 6.07) is 9.77. The molecule has 3 nitrogen and oxygen atoms in total. The van der Waals surface area contributed by atoms with Crippen LogP contribution in [-0.4, -0.2) is 15.6 Å². The summed E-state index contributed by atoms with van der Waals surface area (Å²) in [6.45, 7) is 4.31. The molecule has 0 aliphatic heterocycles. The minimum Gasteiger partial charge on any atom is -0.299 e. The monoisotopic (exact) mass is 304 g/mol. The van der Waals surface area contributed by atoms with Gasteiger partial charge in [-0.15, -0.1) is 0 Å². The summed E-state index contributed by atoms with van der Waals surface area (Å²) in [4.78, 5) is 12.1. The molecule has 4 heteroatoms. The van der Waals surface area contributed by atoms with Crippen LogP contribution in [0.4, 0.5) is 0 Å². The Bertz CT molecular complexity index is 585. The van der Waals surface area contributed by atoms with Crippen LogP contribution in [0.25, 0.3) is 0 Å². The van der Waals surface area contributed by atoms with Gasteiger partial charge in [0.15, 0.2) is 0 Å². The van der Waals surface area contributed by atoms with Crippen LogP contribution in [0.3, 0.4) is 0 Å². The number of benzene rings is 1. The first-order valence-electron chi connectivity index (χ1n) is 7.42. The molecule has 0 bridgehead atoms. The largest absolute Gasteiger partial charge is 0.299 e. The molecule has 1 aromatic carbocycles. The summed E-state index contributed by atoms with van der Waals surface area (Å²) in [7, 11) is 0. The second-order valence-corrected chi connectivity index (χ2v) is 5.71. The van der Waals surface area contributed by atoms with Crippen molar-refractivity contribution in [1.29, 1.82) is 0 Å². The molecule has 21 heavy (non-hydrogen) atoms. The molecule has 0 spiro atoms. The zero-order valence-corrected chi connectivity index (χ0v) is 13.3. The number of halogens is 1. The summed E-state index contributed by atoms with van der Waals surface area (Å²) in [5, 5.41) is 5.21. The summed E-state index contributed by atoms with van der Waals surface area (Å²) in [6.07, 6.45) is 4.89. The van der Waals surface area contributed by atoms with Crippen LogP contribution in [0, 0.1) is 0 Å². The molecule has 0 fully saturated rings. The Morgan fingerprint density at radius 1 is 1.14 bits per heavy atom. The number of rotatable bonds is 7. The van der Waals surface area contributed by atoms with Gasteiger partial charge in [0.1, 0.15) is 5.78 Å². The lowest BCUT2D eigenvalue weighted by molar-refractivity contribution is -0.117. The van der Waals surface area contributed by atoms with Crippen molar-refractivity contribution in [3.8, 4) is 0 Å². The van der Waals surface area contributed by atoms with Crippen LogP contribution in [0.2, 0.25) is 5.02 Å². The SMILES string of the molecule is CCC(CC)n1ccc(CC(=O)Cc2ccc(Cl)cc2)n1. The molecule has 112 valence electrons. The molecule has 0 aliphatic rings. The highest BCUT2D eigenvalue weighted by atomic mass is 35.5. The third-order valence-corrected chi connectivity index (χ3v) is 3.93. The number of aromatic nitrogens is 2. The van der Waals surface area contributed by atoms with Crippen LogP contribution in [-0.2, 0) is 17.6 Å². The van der Waals surface area contributed by atoms with Gasteiger partial charge in [0.2, 0.25) is 0 Å². The van der Waals surface area contributed by atoms with E-state index in [1.54, 1.807) is 0 Å². The summed E-state index contributed by atoms with van der Waals surface area (Å²) >= 11 is 5.84. The number of nitrogens with zero attached hydrogens (tertiary/aromatic N) is 2. The van der Waals surface area contributed by atoms with Crippen molar-refractivity contribution in [3.63, 3.8) is 0 Å². The van der Waals surface area contributed by atoms with Crippen molar-refractivity contribution < 1.29 is 4.79 Å². The number of ketones is 1.